The van der Waals surface area contributed by atoms with Gasteiger partial charge in [-0.1, -0.05) is 12.1 Å². The summed E-state index contributed by atoms with van der Waals surface area (Å²) in [4.78, 5) is 27.8. The second-order valence-electron chi connectivity index (χ2n) is 7.11. The minimum absolute atomic E-state index is 0.0614. The molecule has 0 spiro atoms. The Morgan fingerprint density at radius 3 is 2.89 bits per heavy atom. The maximum absolute atomic E-state index is 12.8. The van der Waals surface area contributed by atoms with Gasteiger partial charge in [0.25, 0.3) is 5.91 Å². The third kappa shape index (κ3) is 4.70. The van der Waals surface area contributed by atoms with Crippen molar-refractivity contribution >= 4 is 11.9 Å². The van der Waals surface area contributed by atoms with E-state index in [2.05, 4.69) is 10.6 Å². The van der Waals surface area contributed by atoms with Gasteiger partial charge in [0.15, 0.2) is 5.60 Å². The molecular weight excluding hydrogens is 348 g/mol. The predicted octanol–water partition coefficient (Wildman–Crippen LogP) is 0.164. The number of aliphatic hydroxyl groups is 1. The number of benzene rings is 1. The predicted molar refractivity (Wildman–Crippen MR) is 100 cm³/mol. The second-order valence-corrected chi connectivity index (χ2v) is 7.11. The van der Waals surface area contributed by atoms with Gasteiger partial charge in [0, 0.05) is 45.8 Å². The first-order chi connectivity index (χ1) is 13.0. The van der Waals surface area contributed by atoms with Crippen LogP contribution in [0.1, 0.15) is 18.4 Å². The van der Waals surface area contributed by atoms with Gasteiger partial charge in [-0.3, -0.25) is 4.79 Å². The summed E-state index contributed by atoms with van der Waals surface area (Å²) in [6, 6.07) is 7.55. The first-order valence-corrected chi connectivity index (χ1v) is 9.40. The largest absolute Gasteiger partial charge is 0.497 e. The van der Waals surface area contributed by atoms with E-state index in [0.717, 1.165) is 17.7 Å². The lowest BCUT2D eigenvalue weighted by atomic mass is 9.91. The van der Waals surface area contributed by atoms with Gasteiger partial charge >= 0.3 is 6.03 Å². The van der Waals surface area contributed by atoms with E-state index in [0.29, 0.717) is 45.7 Å². The monoisotopic (exact) mass is 376 g/mol. The van der Waals surface area contributed by atoms with E-state index >= 15 is 0 Å². The van der Waals surface area contributed by atoms with Crippen LogP contribution in [0.5, 0.6) is 5.75 Å². The van der Waals surface area contributed by atoms with Crippen LogP contribution >= 0.6 is 0 Å². The number of urea groups is 1. The third-order valence-electron chi connectivity index (χ3n) is 5.13. The first-order valence-electron chi connectivity index (χ1n) is 9.40. The fraction of sp³-hybridized carbons (Fsp3) is 0.579. The molecule has 3 rings (SSSR count). The highest BCUT2D eigenvalue weighted by Gasteiger charge is 2.41. The molecule has 0 saturated carbocycles. The van der Waals surface area contributed by atoms with Gasteiger partial charge in [-0.15, -0.1) is 0 Å². The van der Waals surface area contributed by atoms with Crippen LogP contribution in [0.15, 0.2) is 24.3 Å². The Morgan fingerprint density at radius 2 is 2.15 bits per heavy atom. The number of methoxy groups -OCH3 is 1. The molecule has 2 aliphatic heterocycles. The van der Waals surface area contributed by atoms with E-state index in [1.165, 1.54) is 0 Å². The summed E-state index contributed by atoms with van der Waals surface area (Å²) >= 11 is 0. The molecule has 0 aromatic heterocycles. The lowest BCUT2D eigenvalue weighted by molar-refractivity contribution is -0.157. The van der Waals surface area contributed by atoms with Crippen LogP contribution in [0.3, 0.4) is 0 Å². The topological polar surface area (TPSA) is 94.1 Å². The van der Waals surface area contributed by atoms with Gasteiger partial charge in [0.05, 0.1) is 7.11 Å². The molecule has 3 N–H and O–H groups in total. The molecule has 2 aliphatic rings. The quantitative estimate of drug-likeness (QED) is 0.562. The molecule has 0 bridgehead atoms. The Hall–Kier alpha value is -2.32. The van der Waals surface area contributed by atoms with Gasteiger partial charge in [0.2, 0.25) is 0 Å². The highest BCUT2D eigenvalue weighted by Crippen LogP contribution is 2.24. The number of rotatable bonds is 8. The van der Waals surface area contributed by atoms with E-state index in [-0.39, 0.29) is 18.5 Å². The van der Waals surface area contributed by atoms with Crippen molar-refractivity contribution in [2.45, 2.75) is 25.0 Å². The minimum Gasteiger partial charge on any atom is -0.497 e. The highest BCUT2D eigenvalue weighted by molar-refractivity contribution is 5.86. The number of piperidine rings is 1. The molecule has 8 nitrogen and oxygen atoms in total. The molecular formula is C19H28N4O4. The summed E-state index contributed by atoms with van der Waals surface area (Å²) in [5.41, 5.74) is -0.426. The average Bonchev–Trinajstić information content (AvgIpc) is 3.08. The number of nitrogens with zero attached hydrogens (tertiary/aromatic N) is 2. The maximum atomic E-state index is 12.8. The zero-order valence-corrected chi connectivity index (χ0v) is 15.7. The summed E-state index contributed by atoms with van der Waals surface area (Å²) in [6.45, 7) is 3.73. The second kappa shape index (κ2) is 8.58. The molecule has 0 aliphatic carbocycles. The van der Waals surface area contributed by atoms with Crippen LogP contribution in [0, 0.1) is 0 Å². The van der Waals surface area contributed by atoms with E-state index in [1.807, 2.05) is 24.3 Å². The van der Waals surface area contributed by atoms with E-state index in [4.69, 9.17) is 4.74 Å². The Bertz CT molecular complexity index is 683. The van der Waals surface area contributed by atoms with Crippen LogP contribution in [0.4, 0.5) is 4.79 Å². The Labute approximate surface area is 159 Å². The normalized spacial score (nSPS) is 22.9. The van der Waals surface area contributed by atoms with Crippen molar-refractivity contribution in [1.82, 2.24) is 20.4 Å². The molecule has 148 valence electrons. The standard InChI is InChI=1S/C19H28N4O4/c1-27-16-5-2-4-15(12-16)13-23-9-3-6-19(26,17(23)24)14-20-7-10-22-11-8-21-18(22)25/h2,4-5,12,20,26H,3,6-11,13-14H2,1H3,(H,21,25). The number of nitrogens with one attached hydrogen (secondary N) is 2. The molecule has 2 heterocycles. The van der Waals surface area contributed by atoms with Gasteiger partial charge in [0.1, 0.15) is 5.75 Å². The molecule has 1 aromatic carbocycles. The van der Waals surface area contributed by atoms with Gasteiger partial charge in [-0.05, 0) is 30.5 Å². The number of ether oxygens (including phenoxy) is 1. The van der Waals surface area contributed by atoms with Crippen molar-refractivity contribution in [1.29, 1.82) is 0 Å². The fourth-order valence-corrected chi connectivity index (χ4v) is 3.60. The Kier molecular flexibility index (Phi) is 6.18. The van der Waals surface area contributed by atoms with Crippen molar-refractivity contribution in [2.75, 3.05) is 46.4 Å². The average molecular weight is 376 g/mol. The number of carbonyl (C=O) groups excluding carboxylic acids is 2. The summed E-state index contributed by atoms with van der Waals surface area (Å²) in [6.07, 6.45) is 1.19. The van der Waals surface area contributed by atoms with Crippen molar-refractivity contribution in [3.63, 3.8) is 0 Å². The van der Waals surface area contributed by atoms with Crippen molar-refractivity contribution in [3.8, 4) is 5.75 Å². The van der Waals surface area contributed by atoms with Crippen LogP contribution in [0.2, 0.25) is 0 Å². The maximum Gasteiger partial charge on any atom is 0.317 e. The molecule has 1 unspecified atom stereocenters. The molecule has 27 heavy (non-hydrogen) atoms. The van der Waals surface area contributed by atoms with Gasteiger partial charge < -0.3 is 30.3 Å². The zero-order valence-electron chi connectivity index (χ0n) is 15.7. The van der Waals surface area contributed by atoms with Crippen LogP contribution in [-0.2, 0) is 11.3 Å². The molecule has 3 amide bonds. The molecule has 8 heteroatoms. The zero-order chi connectivity index (χ0) is 19.3. The SMILES string of the molecule is COc1cccc(CN2CCCC(O)(CNCCN3CCNC3=O)C2=O)c1. The van der Waals surface area contributed by atoms with Gasteiger partial charge in [-0.25, -0.2) is 4.79 Å². The fourth-order valence-electron chi connectivity index (χ4n) is 3.60. The molecule has 2 fully saturated rings. The summed E-state index contributed by atoms with van der Waals surface area (Å²) in [5, 5.41) is 16.8. The summed E-state index contributed by atoms with van der Waals surface area (Å²) in [5.74, 6) is 0.503. The first kappa shape index (κ1) is 19.4. The lowest BCUT2D eigenvalue weighted by Crippen LogP contribution is -2.58. The van der Waals surface area contributed by atoms with Crippen LogP contribution < -0.4 is 15.4 Å². The minimum atomic E-state index is -1.40. The molecule has 0 radical (unpaired) electrons. The van der Waals surface area contributed by atoms with Crippen molar-refractivity contribution in [3.05, 3.63) is 29.8 Å². The number of likely N-dealkylation sites (tertiary alicyclic amines) is 1. The van der Waals surface area contributed by atoms with E-state index < -0.39 is 5.60 Å². The number of carbonyl (C=O) groups is 2. The molecule has 2 saturated heterocycles. The number of hydrogen-bond acceptors (Lipinski definition) is 5. The smallest absolute Gasteiger partial charge is 0.317 e. The third-order valence-corrected chi connectivity index (χ3v) is 5.13. The van der Waals surface area contributed by atoms with Gasteiger partial charge in [-0.2, -0.15) is 0 Å². The van der Waals surface area contributed by atoms with E-state index in [9.17, 15) is 14.7 Å². The summed E-state index contributed by atoms with van der Waals surface area (Å²) < 4.78 is 5.23. The van der Waals surface area contributed by atoms with Crippen molar-refractivity contribution < 1.29 is 19.4 Å². The number of hydrogen-bond donors (Lipinski definition) is 3. The molecule has 1 aromatic rings. The molecule has 1 atom stereocenters. The van der Waals surface area contributed by atoms with E-state index in [1.54, 1.807) is 16.9 Å². The van der Waals surface area contributed by atoms with Crippen LogP contribution in [0.25, 0.3) is 0 Å². The van der Waals surface area contributed by atoms with Crippen molar-refractivity contribution in [2.24, 2.45) is 0 Å². The summed E-state index contributed by atoms with van der Waals surface area (Å²) in [7, 11) is 1.61. The lowest BCUT2D eigenvalue weighted by Gasteiger charge is -2.38. The number of amides is 3. The van der Waals surface area contributed by atoms with Crippen LogP contribution in [-0.4, -0.2) is 78.8 Å². The Balaban J connectivity index is 1.52. The highest BCUT2D eigenvalue weighted by atomic mass is 16.5. The Morgan fingerprint density at radius 1 is 1.30 bits per heavy atom.